The lowest BCUT2D eigenvalue weighted by Crippen LogP contribution is -2.25. The molecule has 0 heterocycles. The molecule has 0 amide bonds. The number of rotatable bonds is 5. The Labute approximate surface area is 98.1 Å². The third kappa shape index (κ3) is 4.17. The molecule has 0 aromatic heterocycles. The Morgan fingerprint density at radius 2 is 1.88 bits per heavy atom. The predicted octanol–water partition coefficient (Wildman–Crippen LogP) is 2.63. The van der Waals surface area contributed by atoms with E-state index in [1.165, 1.54) is 11.1 Å². The summed E-state index contributed by atoms with van der Waals surface area (Å²) in [4.78, 5) is 0. The number of ether oxygens (including phenoxy) is 1. The molecule has 16 heavy (non-hydrogen) atoms. The van der Waals surface area contributed by atoms with Gasteiger partial charge in [0.25, 0.3) is 0 Å². The van der Waals surface area contributed by atoms with Crippen molar-refractivity contribution in [3.8, 4) is 0 Å². The van der Waals surface area contributed by atoms with E-state index in [1.807, 2.05) is 12.2 Å². The highest BCUT2D eigenvalue weighted by Gasteiger charge is 2.16. The van der Waals surface area contributed by atoms with Gasteiger partial charge in [-0.3, -0.25) is 0 Å². The minimum Gasteiger partial charge on any atom is -0.378 e. The van der Waals surface area contributed by atoms with E-state index in [-0.39, 0.29) is 5.60 Å². The van der Waals surface area contributed by atoms with Gasteiger partial charge in [0.05, 0.1) is 5.60 Å². The van der Waals surface area contributed by atoms with Crippen molar-refractivity contribution in [2.75, 3.05) is 13.7 Å². The molecule has 0 unspecified atom stereocenters. The lowest BCUT2D eigenvalue weighted by molar-refractivity contribution is 0.0232. The SMILES string of the molecule is COC(C)(C)Cc1ccc(/C=C/CN)cc1. The quantitative estimate of drug-likeness (QED) is 0.826. The van der Waals surface area contributed by atoms with Crippen LogP contribution in [0.4, 0.5) is 0 Å². The molecule has 0 atom stereocenters. The van der Waals surface area contributed by atoms with Crippen LogP contribution in [-0.2, 0) is 11.2 Å². The number of hydrogen-bond donors (Lipinski definition) is 1. The monoisotopic (exact) mass is 219 g/mol. The minimum absolute atomic E-state index is 0.103. The molecular formula is C14H21NO. The number of hydrogen-bond acceptors (Lipinski definition) is 2. The van der Waals surface area contributed by atoms with Gasteiger partial charge in [0.15, 0.2) is 0 Å². The van der Waals surface area contributed by atoms with Crippen LogP contribution in [0.25, 0.3) is 6.08 Å². The normalized spacial score (nSPS) is 12.2. The van der Waals surface area contributed by atoms with Gasteiger partial charge in [-0.2, -0.15) is 0 Å². The third-order valence-electron chi connectivity index (χ3n) is 2.61. The van der Waals surface area contributed by atoms with Crippen LogP contribution < -0.4 is 5.73 Å². The molecule has 0 saturated heterocycles. The van der Waals surface area contributed by atoms with Gasteiger partial charge in [0.1, 0.15) is 0 Å². The van der Waals surface area contributed by atoms with E-state index in [1.54, 1.807) is 7.11 Å². The highest BCUT2D eigenvalue weighted by molar-refractivity contribution is 5.49. The van der Waals surface area contributed by atoms with Crippen LogP contribution in [0.15, 0.2) is 30.3 Å². The molecule has 1 rings (SSSR count). The van der Waals surface area contributed by atoms with E-state index in [0.29, 0.717) is 6.54 Å². The molecular weight excluding hydrogens is 198 g/mol. The van der Waals surface area contributed by atoms with Gasteiger partial charge in [0.2, 0.25) is 0 Å². The standard InChI is InChI=1S/C14H21NO/c1-14(2,16-3)11-13-8-6-12(7-9-13)5-4-10-15/h4-9H,10-11,15H2,1-3H3/b5-4+. The summed E-state index contributed by atoms with van der Waals surface area (Å²) < 4.78 is 5.41. The summed E-state index contributed by atoms with van der Waals surface area (Å²) >= 11 is 0. The summed E-state index contributed by atoms with van der Waals surface area (Å²) in [6, 6.07) is 8.48. The van der Waals surface area contributed by atoms with Crippen LogP contribution in [0, 0.1) is 0 Å². The Morgan fingerprint density at radius 3 is 2.38 bits per heavy atom. The molecule has 0 saturated carbocycles. The van der Waals surface area contributed by atoms with Gasteiger partial charge in [-0.1, -0.05) is 36.4 Å². The second-order valence-electron chi connectivity index (χ2n) is 4.52. The lowest BCUT2D eigenvalue weighted by Gasteiger charge is -2.22. The van der Waals surface area contributed by atoms with E-state index in [2.05, 4.69) is 38.1 Å². The first-order chi connectivity index (χ1) is 7.57. The fourth-order valence-electron chi connectivity index (χ4n) is 1.51. The van der Waals surface area contributed by atoms with Gasteiger partial charge in [-0.15, -0.1) is 0 Å². The highest BCUT2D eigenvalue weighted by atomic mass is 16.5. The molecule has 0 aliphatic heterocycles. The molecule has 1 aromatic carbocycles. The summed E-state index contributed by atoms with van der Waals surface area (Å²) in [6.07, 6.45) is 4.91. The summed E-state index contributed by atoms with van der Waals surface area (Å²) in [5.74, 6) is 0. The average Bonchev–Trinajstić information content (AvgIpc) is 2.28. The molecule has 2 N–H and O–H groups in total. The topological polar surface area (TPSA) is 35.2 Å². The zero-order chi connectivity index (χ0) is 12.0. The third-order valence-corrected chi connectivity index (χ3v) is 2.61. The fraction of sp³-hybridized carbons (Fsp3) is 0.429. The average molecular weight is 219 g/mol. The van der Waals surface area contributed by atoms with Crippen LogP contribution in [-0.4, -0.2) is 19.3 Å². The molecule has 0 bridgehead atoms. The van der Waals surface area contributed by atoms with Crippen molar-refractivity contribution >= 4 is 6.08 Å². The molecule has 2 heteroatoms. The molecule has 0 fully saturated rings. The maximum Gasteiger partial charge on any atom is 0.0662 e. The summed E-state index contributed by atoms with van der Waals surface area (Å²) in [7, 11) is 1.75. The first-order valence-corrected chi connectivity index (χ1v) is 5.58. The second kappa shape index (κ2) is 5.83. The van der Waals surface area contributed by atoms with Gasteiger partial charge < -0.3 is 10.5 Å². The van der Waals surface area contributed by atoms with Gasteiger partial charge >= 0.3 is 0 Å². The van der Waals surface area contributed by atoms with Crippen molar-refractivity contribution in [2.24, 2.45) is 5.73 Å². The Bertz CT molecular complexity index is 338. The molecule has 0 radical (unpaired) electrons. The Balaban J connectivity index is 2.68. The maximum absolute atomic E-state index is 5.41. The molecule has 88 valence electrons. The Kier molecular flexibility index (Phi) is 4.71. The minimum atomic E-state index is -0.103. The van der Waals surface area contributed by atoms with Crippen LogP contribution in [0.5, 0.6) is 0 Å². The van der Waals surface area contributed by atoms with Crippen molar-refractivity contribution in [1.82, 2.24) is 0 Å². The molecule has 0 aliphatic rings. The highest BCUT2D eigenvalue weighted by Crippen LogP contribution is 2.16. The maximum atomic E-state index is 5.41. The van der Waals surface area contributed by atoms with Crippen molar-refractivity contribution in [3.63, 3.8) is 0 Å². The van der Waals surface area contributed by atoms with Crippen LogP contribution in [0.2, 0.25) is 0 Å². The Hall–Kier alpha value is -1.12. The first kappa shape index (κ1) is 12.9. The van der Waals surface area contributed by atoms with Crippen LogP contribution >= 0.6 is 0 Å². The summed E-state index contributed by atoms with van der Waals surface area (Å²) in [5.41, 5.74) is 7.77. The molecule has 2 nitrogen and oxygen atoms in total. The van der Waals surface area contributed by atoms with Gasteiger partial charge in [-0.25, -0.2) is 0 Å². The second-order valence-corrected chi connectivity index (χ2v) is 4.52. The number of methoxy groups -OCH3 is 1. The van der Waals surface area contributed by atoms with Gasteiger partial charge in [0, 0.05) is 20.1 Å². The van der Waals surface area contributed by atoms with E-state index in [4.69, 9.17) is 10.5 Å². The van der Waals surface area contributed by atoms with E-state index < -0.39 is 0 Å². The van der Waals surface area contributed by atoms with Crippen LogP contribution in [0.1, 0.15) is 25.0 Å². The molecule has 1 aromatic rings. The largest absolute Gasteiger partial charge is 0.378 e. The predicted molar refractivity (Wildman–Crippen MR) is 69.3 cm³/mol. The van der Waals surface area contributed by atoms with E-state index >= 15 is 0 Å². The first-order valence-electron chi connectivity index (χ1n) is 5.58. The smallest absolute Gasteiger partial charge is 0.0662 e. The van der Waals surface area contributed by atoms with Crippen LogP contribution in [0.3, 0.4) is 0 Å². The zero-order valence-electron chi connectivity index (χ0n) is 10.4. The number of benzene rings is 1. The Morgan fingerprint density at radius 1 is 1.25 bits per heavy atom. The van der Waals surface area contributed by atoms with Crippen molar-refractivity contribution in [3.05, 3.63) is 41.5 Å². The summed E-state index contributed by atoms with van der Waals surface area (Å²) in [5, 5.41) is 0. The molecule has 0 spiro atoms. The van der Waals surface area contributed by atoms with Crippen molar-refractivity contribution in [1.29, 1.82) is 0 Å². The van der Waals surface area contributed by atoms with E-state index in [0.717, 1.165) is 6.42 Å². The van der Waals surface area contributed by atoms with Crippen molar-refractivity contribution in [2.45, 2.75) is 25.9 Å². The van der Waals surface area contributed by atoms with Crippen molar-refractivity contribution < 1.29 is 4.74 Å². The van der Waals surface area contributed by atoms with E-state index in [9.17, 15) is 0 Å². The number of nitrogens with two attached hydrogens (primary N) is 1. The van der Waals surface area contributed by atoms with Gasteiger partial charge in [-0.05, 0) is 25.0 Å². The molecule has 0 aliphatic carbocycles. The zero-order valence-corrected chi connectivity index (χ0v) is 10.4. The fourth-order valence-corrected chi connectivity index (χ4v) is 1.51. The summed E-state index contributed by atoms with van der Waals surface area (Å²) in [6.45, 7) is 4.77. The lowest BCUT2D eigenvalue weighted by atomic mass is 9.97.